The van der Waals surface area contributed by atoms with Crippen molar-refractivity contribution in [3.63, 3.8) is 0 Å². The van der Waals surface area contributed by atoms with Gasteiger partial charge in [0.2, 0.25) is 5.52 Å². The van der Waals surface area contributed by atoms with Crippen molar-refractivity contribution in [2.75, 3.05) is 0 Å². The topological polar surface area (TPSA) is 21.9 Å². The molecule has 0 saturated carbocycles. The van der Waals surface area contributed by atoms with E-state index in [1.807, 2.05) is 0 Å². The fraction of sp³-hybridized carbons (Fsp3) is 0.115. The summed E-state index contributed by atoms with van der Waals surface area (Å²) in [6.45, 7) is 4.32. The van der Waals surface area contributed by atoms with Crippen molar-refractivity contribution in [1.29, 1.82) is 0 Å². The van der Waals surface area contributed by atoms with Gasteiger partial charge in [-0.15, -0.1) is 0 Å². The Bertz CT molecular complexity index is 1580. The van der Waals surface area contributed by atoms with Crippen LogP contribution in [0.5, 0.6) is 0 Å². The van der Waals surface area contributed by atoms with E-state index in [0.29, 0.717) is 0 Å². The second-order valence-electron chi connectivity index (χ2n) is 7.84. The lowest BCUT2D eigenvalue weighted by molar-refractivity contribution is -0.652. The summed E-state index contributed by atoms with van der Waals surface area (Å²) < 4.78 is 11.1. The van der Waals surface area contributed by atoms with Crippen LogP contribution in [0.3, 0.4) is 0 Å². The molecule has 2 aromatic heterocycles. The first-order chi connectivity index (χ1) is 14.1. The second kappa shape index (κ2) is 5.71. The number of hydrogen-bond acceptors (Lipinski definition) is 1. The van der Waals surface area contributed by atoms with Gasteiger partial charge in [0.15, 0.2) is 11.1 Å². The maximum absolute atomic E-state index is 6.51. The molecule has 0 aliphatic carbocycles. The van der Waals surface area contributed by atoms with Crippen LogP contribution in [0.25, 0.3) is 49.4 Å². The second-order valence-corrected chi connectivity index (χ2v) is 7.84. The monoisotopic (exact) mass is 377 g/mol. The summed E-state index contributed by atoms with van der Waals surface area (Å²) in [4.78, 5) is 0. The molecule has 0 spiro atoms. The molecule has 0 unspecified atom stereocenters. The molecule has 140 valence electrons. The number of benzene rings is 4. The van der Waals surface area contributed by atoms with Crippen LogP contribution >= 0.6 is 0 Å². The quantitative estimate of drug-likeness (QED) is 0.316. The van der Waals surface area contributed by atoms with Crippen molar-refractivity contribution in [1.82, 2.24) is 4.57 Å². The van der Waals surface area contributed by atoms with Gasteiger partial charge in [0.05, 0.1) is 7.05 Å². The molecule has 0 bridgehead atoms. The Balaban J connectivity index is 1.82. The number of fused-ring (bicyclic) bond motifs is 6. The normalized spacial score (nSPS) is 12.0. The van der Waals surface area contributed by atoms with E-state index in [-0.39, 0.29) is 0 Å². The largest absolute Gasteiger partial charge is 0.451 e. The van der Waals surface area contributed by atoms with Crippen LogP contribution in [0.1, 0.15) is 11.4 Å². The highest BCUT2D eigenvalue weighted by Crippen LogP contribution is 2.37. The molecule has 29 heavy (non-hydrogen) atoms. The molecule has 4 aromatic carbocycles. The minimum atomic E-state index is 0.934. The van der Waals surface area contributed by atoms with Gasteiger partial charge in [-0.1, -0.05) is 42.5 Å². The summed E-state index contributed by atoms with van der Waals surface area (Å²) in [5.41, 5.74) is 6.60. The number of hydrogen-bond donors (Lipinski definition) is 0. The first-order valence-electron chi connectivity index (χ1n) is 9.94. The van der Waals surface area contributed by atoms with E-state index < -0.39 is 0 Å². The predicted molar refractivity (Wildman–Crippen MR) is 119 cm³/mol. The van der Waals surface area contributed by atoms with Crippen molar-refractivity contribution in [2.24, 2.45) is 7.05 Å². The number of furan rings is 1. The van der Waals surface area contributed by atoms with E-state index in [9.17, 15) is 0 Å². The van der Waals surface area contributed by atoms with Gasteiger partial charge in [0.25, 0.3) is 5.82 Å². The highest BCUT2D eigenvalue weighted by Gasteiger charge is 2.26. The summed E-state index contributed by atoms with van der Waals surface area (Å²) in [5, 5.41) is 4.76. The summed E-state index contributed by atoms with van der Waals surface area (Å²) in [6, 6.07) is 25.8. The van der Waals surface area contributed by atoms with Crippen LogP contribution in [-0.4, -0.2) is 4.57 Å². The van der Waals surface area contributed by atoms with Gasteiger partial charge in [-0.3, -0.25) is 0 Å². The summed E-state index contributed by atoms with van der Waals surface area (Å²) in [7, 11) is 2.12. The lowest BCUT2D eigenvalue weighted by atomic mass is 10.1. The molecular formula is C26H21N2O+. The molecule has 3 heteroatoms. The fourth-order valence-corrected chi connectivity index (χ4v) is 4.58. The third-order valence-corrected chi connectivity index (χ3v) is 6.21. The summed E-state index contributed by atoms with van der Waals surface area (Å²) >= 11 is 0. The molecule has 0 N–H and O–H groups in total. The van der Waals surface area contributed by atoms with E-state index in [1.54, 1.807) is 0 Å². The number of para-hydroxylation sites is 1. The van der Waals surface area contributed by atoms with E-state index in [2.05, 4.69) is 103 Å². The van der Waals surface area contributed by atoms with Crippen LogP contribution < -0.4 is 4.57 Å². The summed E-state index contributed by atoms with van der Waals surface area (Å²) in [5.74, 6) is 1.17. The van der Waals surface area contributed by atoms with Gasteiger partial charge < -0.3 is 4.42 Å². The molecule has 3 nitrogen and oxygen atoms in total. The molecule has 0 aliphatic heterocycles. The molecule has 0 atom stereocenters. The number of aromatic nitrogens is 2. The minimum Gasteiger partial charge on any atom is -0.451 e. The zero-order valence-corrected chi connectivity index (χ0v) is 16.7. The highest BCUT2D eigenvalue weighted by molar-refractivity contribution is 6.16. The van der Waals surface area contributed by atoms with Crippen molar-refractivity contribution in [3.05, 3.63) is 84.2 Å². The lowest BCUT2D eigenvalue weighted by Gasteiger charge is -2.03. The molecule has 6 aromatic rings. The van der Waals surface area contributed by atoms with Crippen LogP contribution in [0.4, 0.5) is 0 Å². The van der Waals surface area contributed by atoms with Crippen LogP contribution in [0.2, 0.25) is 0 Å². The lowest BCUT2D eigenvalue weighted by Crippen LogP contribution is -2.30. The van der Waals surface area contributed by atoms with E-state index >= 15 is 0 Å². The molecule has 2 heterocycles. The molecule has 6 rings (SSSR count). The molecule has 0 saturated heterocycles. The SMILES string of the molecule is Cc1ccccc1-n1c(C)[n+](C)c2ccc3c4cc5ccccc5cc4oc3c21. The Kier molecular flexibility index (Phi) is 3.22. The molecule has 0 radical (unpaired) electrons. The number of imidazole rings is 1. The third kappa shape index (κ3) is 2.16. The molecular weight excluding hydrogens is 356 g/mol. The molecule has 0 aliphatic rings. The highest BCUT2D eigenvalue weighted by atomic mass is 16.3. The fourth-order valence-electron chi connectivity index (χ4n) is 4.58. The van der Waals surface area contributed by atoms with Crippen molar-refractivity contribution in [2.45, 2.75) is 13.8 Å². The van der Waals surface area contributed by atoms with E-state index in [0.717, 1.165) is 22.1 Å². The third-order valence-electron chi connectivity index (χ3n) is 6.21. The molecule has 0 fully saturated rings. The van der Waals surface area contributed by atoms with Crippen LogP contribution in [0, 0.1) is 13.8 Å². The van der Waals surface area contributed by atoms with Gasteiger partial charge in [0, 0.05) is 17.7 Å². The average molecular weight is 377 g/mol. The predicted octanol–water partition coefficient (Wildman–Crippen LogP) is 6.12. The standard InChI is InChI=1S/C26H21N2O/c1-16-8-4-7-11-22(16)28-17(2)27(3)23-13-12-20-21-14-18-9-5-6-10-19(18)15-24(21)29-26(20)25(23)28/h4-15H,1-3H3/q+1. The van der Waals surface area contributed by atoms with Gasteiger partial charge in [-0.2, -0.15) is 4.57 Å². The Morgan fingerprint density at radius 3 is 2.31 bits per heavy atom. The summed E-state index contributed by atoms with van der Waals surface area (Å²) in [6.07, 6.45) is 0. The van der Waals surface area contributed by atoms with Crippen LogP contribution in [0.15, 0.2) is 77.2 Å². The Morgan fingerprint density at radius 2 is 1.52 bits per heavy atom. The first kappa shape index (κ1) is 16.4. The maximum atomic E-state index is 6.51. The number of rotatable bonds is 1. The van der Waals surface area contributed by atoms with Crippen molar-refractivity contribution >= 4 is 43.7 Å². The zero-order chi connectivity index (χ0) is 19.7. The van der Waals surface area contributed by atoms with Gasteiger partial charge in [-0.25, -0.2) is 4.57 Å². The Labute approximate surface area is 168 Å². The van der Waals surface area contributed by atoms with Gasteiger partial charge in [0.1, 0.15) is 11.3 Å². The first-order valence-corrected chi connectivity index (χ1v) is 9.94. The maximum Gasteiger partial charge on any atom is 0.259 e. The van der Waals surface area contributed by atoms with E-state index in [4.69, 9.17) is 4.42 Å². The average Bonchev–Trinajstić information content (AvgIpc) is 3.22. The molecule has 0 amide bonds. The minimum absolute atomic E-state index is 0.934. The Hall–Kier alpha value is -3.59. The van der Waals surface area contributed by atoms with Crippen molar-refractivity contribution < 1.29 is 8.98 Å². The number of nitrogens with zero attached hydrogens (tertiary/aromatic N) is 2. The number of aryl methyl sites for hydroxylation is 2. The van der Waals surface area contributed by atoms with Crippen LogP contribution in [-0.2, 0) is 7.05 Å². The van der Waals surface area contributed by atoms with Crippen molar-refractivity contribution in [3.8, 4) is 5.69 Å². The van der Waals surface area contributed by atoms with Gasteiger partial charge >= 0.3 is 0 Å². The van der Waals surface area contributed by atoms with Gasteiger partial charge in [-0.05, 0) is 53.6 Å². The zero-order valence-electron chi connectivity index (χ0n) is 16.7. The Morgan fingerprint density at radius 1 is 0.793 bits per heavy atom. The smallest absolute Gasteiger partial charge is 0.259 e. The van der Waals surface area contributed by atoms with E-state index in [1.165, 1.54) is 38.8 Å².